The van der Waals surface area contributed by atoms with Crippen LogP contribution in [0.5, 0.6) is 17.2 Å². The molecule has 8 heteroatoms. The van der Waals surface area contributed by atoms with Gasteiger partial charge in [-0.2, -0.15) is 0 Å². The highest BCUT2D eigenvalue weighted by Gasteiger charge is 2.26. The Morgan fingerprint density at radius 2 is 1.69 bits per heavy atom. The van der Waals surface area contributed by atoms with Crippen molar-refractivity contribution < 1.29 is 23.7 Å². The molecule has 2 unspecified atom stereocenters. The smallest absolute Gasteiger partial charge is 0.323 e. The van der Waals surface area contributed by atoms with Crippen LogP contribution in [0.1, 0.15) is 47.7 Å². The van der Waals surface area contributed by atoms with Crippen LogP contribution in [0.2, 0.25) is 10.0 Å². The summed E-state index contributed by atoms with van der Waals surface area (Å²) in [5, 5.41) is 4.51. The third kappa shape index (κ3) is 7.37. The van der Waals surface area contributed by atoms with Crippen molar-refractivity contribution in [3.63, 3.8) is 0 Å². The number of hydrogen-bond acceptors (Lipinski definition) is 6. The van der Waals surface area contributed by atoms with E-state index in [9.17, 15) is 4.79 Å². The Labute approximate surface area is 256 Å². The number of esters is 1. The number of benzene rings is 4. The van der Waals surface area contributed by atoms with Crippen LogP contribution >= 0.6 is 23.2 Å². The number of methoxy groups -OCH3 is 1. The molecular formula is C34H33Cl2NO5. The zero-order valence-electron chi connectivity index (χ0n) is 23.5. The predicted molar refractivity (Wildman–Crippen MR) is 165 cm³/mol. The van der Waals surface area contributed by atoms with Crippen molar-refractivity contribution in [2.75, 3.05) is 13.7 Å². The van der Waals surface area contributed by atoms with Crippen LogP contribution in [0.25, 0.3) is 0 Å². The monoisotopic (exact) mass is 605 g/mol. The molecule has 0 spiro atoms. The minimum atomic E-state index is -0.507. The maximum atomic E-state index is 12.7. The molecule has 0 bridgehead atoms. The first-order chi connectivity index (χ1) is 20.4. The molecule has 42 heavy (non-hydrogen) atoms. The van der Waals surface area contributed by atoms with Crippen LogP contribution in [0.3, 0.4) is 0 Å². The molecule has 218 valence electrons. The summed E-state index contributed by atoms with van der Waals surface area (Å²) in [6, 6.07) is 28.6. The maximum Gasteiger partial charge on any atom is 0.323 e. The second-order valence-electron chi connectivity index (χ2n) is 10.1. The van der Waals surface area contributed by atoms with Gasteiger partial charge in [0.1, 0.15) is 25.0 Å². The van der Waals surface area contributed by atoms with E-state index in [1.165, 1.54) is 7.11 Å². The highest BCUT2D eigenvalue weighted by molar-refractivity contribution is 6.42. The van der Waals surface area contributed by atoms with Gasteiger partial charge in [-0.1, -0.05) is 84.7 Å². The maximum absolute atomic E-state index is 12.7. The number of ether oxygens (including phenoxy) is 4. The van der Waals surface area contributed by atoms with E-state index in [0.29, 0.717) is 41.2 Å². The molecule has 0 aromatic heterocycles. The van der Waals surface area contributed by atoms with E-state index in [1.807, 2.05) is 66.7 Å². The molecule has 0 amide bonds. The van der Waals surface area contributed by atoms with E-state index in [2.05, 4.69) is 24.4 Å². The van der Waals surface area contributed by atoms with Crippen molar-refractivity contribution in [3.05, 3.63) is 123 Å². The predicted octanol–water partition coefficient (Wildman–Crippen LogP) is 7.91. The lowest BCUT2D eigenvalue weighted by Crippen LogP contribution is -2.41. The number of fused-ring (bicyclic) bond motifs is 1. The fourth-order valence-electron chi connectivity index (χ4n) is 4.95. The summed E-state index contributed by atoms with van der Waals surface area (Å²) in [6.07, 6.45) is 1.04. The second kappa shape index (κ2) is 14.0. The molecule has 1 heterocycles. The van der Waals surface area contributed by atoms with Crippen molar-refractivity contribution in [2.24, 2.45) is 0 Å². The molecule has 4 aromatic rings. The van der Waals surface area contributed by atoms with Crippen LogP contribution in [0, 0.1) is 0 Å². The van der Waals surface area contributed by atoms with Gasteiger partial charge in [0.15, 0.2) is 17.6 Å². The molecule has 1 aliphatic heterocycles. The average molecular weight is 607 g/mol. The van der Waals surface area contributed by atoms with Crippen molar-refractivity contribution in [1.29, 1.82) is 0 Å². The Hall–Kier alpha value is -3.71. The first kappa shape index (κ1) is 29.8. The van der Waals surface area contributed by atoms with Gasteiger partial charge in [0.2, 0.25) is 0 Å². The summed E-state index contributed by atoms with van der Waals surface area (Å²) in [5.41, 5.74) is 4.00. The highest BCUT2D eigenvalue weighted by atomic mass is 35.5. The summed E-state index contributed by atoms with van der Waals surface area (Å²) in [7, 11) is 1.42. The molecule has 6 nitrogen and oxygen atoms in total. The summed E-state index contributed by atoms with van der Waals surface area (Å²) >= 11 is 12.1. The number of carbonyl (C=O) groups excluding carboxylic acids is 1. The number of hydrogen-bond donors (Lipinski definition) is 1. The Kier molecular flexibility index (Phi) is 9.90. The van der Waals surface area contributed by atoms with Crippen molar-refractivity contribution in [1.82, 2.24) is 5.32 Å². The van der Waals surface area contributed by atoms with Gasteiger partial charge in [0, 0.05) is 6.04 Å². The van der Waals surface area contributed by atoms with E-state index in [-0.39, 0.29) is 18.1 Å². The quantitative estimate of drug-likeness (QED) is 0.175. The summed E-state index contributed by atoms with van der Waals surface area (Å²) in [4.78, 5) is 12.7. The van der Waals surface area contributed by atoms with Crippen LogP contribution in [0.4, 0.5) is 0 Å². The zero-order valence-corrected chi connectivity index (χ0v) is 25.0. The van der Waals surface area contributed by atoms with Gasteiger partial charge < -0.3 is 18.9 Å². The molecule has 0 saturated carbocycles. The summed E-state index contributed by atoms with van der Waals surface area (Å²) in [5.74, 6) is 1.75. The first-order valence-corrected chi connectivity index (χ1v) is 14.7. The fourth-order valence-corrected chi connectivity index (χ4v) is 5.27. The second-order valence-corrected chi connectivity index (χ2v) is 10.9. The Morgan fingerprint density at radius 3 is 2.40 bits per heavy atom. The van der Waals surface area contributed by atoms with E-state index in [1.54, 1.807) is 12.1 Å². The lowest BCUT2D eigenvalue weighted by atomic mass is 10.00. The van der Waals surface area contributed by atoms with Gasteiger partial charge in [0.05, 0.1) is 17.2 Å². The molecule has 4 aromatic carbocycles. The standard InChI is InChI=1S/C34H33Cl2NO5/c1-3-29(24-7-5-4-6-8-24)37-30(34(38)39-2)18-22-10-16-31-32(19-22)41-21-33(42-31)25-11-13-26(14-12-25)40-20-23-9-15-27(35)28(36)17-23/h4-17,19,29-30,33,37H,3,18,20-21H2,1-2H3/t29-,30?,33?/m0/s1. The lowest BCUT2D eigenvalue weighted by molar-refractivity contribution is -0.143. The van der Waals surface area contributed by atoms with Crippen LogP contribution in [-0.2, 0) is 22.6 Å². The van der Waals surface area contributed by atoms with Gasteiger partial charge in [-0.05, 0) is 71.5 Å². The van der Waals surface area contributed by atoms with Crippen LogP contribution < -0.4 is 19.5 Å². The van der Waals surface area contributed by atoms with Crippen molar-refractivity contribution >= 4 is 29.2 Å². The summed E-state index contributed by atoms with van der Waals surface area (Å²) < 4.78 is 23.4. The van der Waals surface area contributed by atoms with Crippen LogP contribution in [-0.4, -0.2) is 25.7 Å². The van der Waals surface area contributed by atoms with E-state index >= 15 is 0 Å². The third-order valence-corrected chi connectivity index (χ3v) is 7.99. The molecular weight excluding hydrogens is 573 g/mol. The topological polar surface area (TPSA) is 66.0 Å². The molecule has 1 N–H and O–H groups in total. The third-order valence-electron chi connectivity index (χ3n) is 7.25. The molecule has 0 fully saturated rings. The normalized spacial score (nSPS) is 15.5. The fraction of sp³-hybridized carbons (Fsp3) is 0.265. The first-order valence-electron chi connectivity index (χ1n) is 13.9. The minimum Gasteiger partial charge on any atom is -0.489 e. The van der Waals surface area contributed by atoms with E-state index in [0.717, 1.165) is 34.4 Å². The SMILES string of the molecule is CC[C@H](NC(Cc1ccc2c(c1)OCC(c1ccc(OCc3ccc(Cl)c(Cl)c3)cc1)O2)C(=O)OC)c1ccccc1. The average Bonchev–Trinajstić information content (AvgIpc) is 3.03. The van der Waals surface area contributed by atoms with Gasteiger partial charge >= 0.3 is 5.97 Å². The van der Waals surface area contributed by atoms with Crippen molar-refractivity contribution in [2.45, 2.75) is 44.6 Å². The largest absolute Gasteiger partial charge is 0.489 e. The van der Waals surface area contributed by atoms with E-state index in [4.69, 9.17) is 42.1 Å². The van der Waals surface area contributed by atoms with Crippen LogP contribution in [0.15, 0.2) is 91.0 Å². The molecule has 5 rings (SSSR count). The molecule has 0 saturated heterocycles. The number of halogens is 2. The zero-order chi connectivity index (χ0) is 29.5. The van der Waals surface area contributed by atoms with Gasteiger partial charge in [0.25, 0.3) is 0 Å². The number of nitrogens with one attached hydrogen (secondary N) is 1. The lowest BCUT2D eigenvalue weighted by Gasteiger charge is -2.28. The Balaban J connectivity index is 1.20. The number of carbonyl (C=O) groups is 1. The molecule has 0 radical (unpaired) electrons. The highest BCUT2D eigenvalue weighted by Crippen LogP contribution is 2.37. The van der Waals surface area contributed by atoms with Gasteiger partial charge in [-0.15, -0.1) is 0 Å². The molecule has 0 aliphatic carbocycles. The Bertz CT molecular complexity index is 1500. The van der Waals surface area contributed by atoms with Crippen molar-refractivity contribution in [3.8, 4) is 17.2 Å². The van der Waals surface area contributed by atoms with E-state index < -0.39 is 6.04 Å². The summed E-state index contributed by atoms with van der Waals surface area (Å²) in [6.45, 7) is 2.84. The molecule has 3 atom stereocenters. The minimum absolute atomic E-state index is 0.0287. The molecule has 1 aliphatic rings. The van der Waals surface area contributed by atoms with Gasteiger partial charge in [-0.3, -0.25) is 10.1 Å². The number of rotatable bonds is 11. The van der Waals surface area contributed by atoms with Gasteiger partial charge in [-0.25, -0.2) is 0 Å². The Morgan fingerprint density at radius 1 is 0.929 bits per heavy atom.